The minimum absolute atomic E-state index is 0.0231. The standard InChI is InChI=1S/C18H19N5O4S/c1-22-11-15(14-7-3-4-8-16(14)22)18(25)21-20-17(24)12-23(2)28(26,27)13-6-5-9-19-10-13/h3-11H,12H2,1-2H3,(H,20,24)(H,21,25). The molecule has 0 unspecified atom stereocenters. The molecule has 10 heteroatoms. The summed E-state index contributed by atoms with van der Waals surface area (Å²) in [4.78, 5) is 28.2. The number of nitrogens with zero attached hydrogens (tertiary/aromatic N) is 3. The molecule has 0 bridgehead atoms. The molecule has 2 amide bonds. The molecule has 0 aliphatic carbocycles. The lowest BCUT2D eigenvalue weighted by molar-refractivity contribution is -0.121. The van der Waals surface area contributed by atoms with Gasteiger partial charge in [-0.05, 0) is 18.2 Å². The number of nitrogens with one attached hydrogen (secondary N) is 2. The summed E-state index contributed by atoms with van der Waals surface area (Å²) >= 11 is 0. The van der Waals surface area contributed by atoms with Crippen molar-refractivity contribution in [3.8, 4) is 0 Å². The number of pyridine rings is 1. The van der Waals surface area contributed by atoms with Gasteiger partial charge in [0.1, 0.15) is 4.90 Å². The van der Waals surface area contributed by atoms with Crippen LogP contribution in [0.4, 0.5) is 0 Å². The van der Waals surface area contributed by atoms with Gasteiger partial charge in [-0.15, -0.1) is 0 Å². The molecule has 2 N–H and O–H groups in total. The van der Waals surface area contributed by atoms with Gasteiger partial charge in [0.25, 0.3) is 11.8 Å². The fourth-order valence-electron chi connectivity index (χ4n) is 2.72. The molecule has 0 aliphatic rings. The Labute approximate surface area is 162 Å². The summed E-state index contributed by atoms with van der Waals surface area (Å²) in [7, 11) is -0.769. The number of sulfonamides is 1. The third-order valence-electron chi connectivity index (χ3n) is 4.17. The fourth-order valence-corrected chi connectivity index (χ4v) is 3.81. The average Bonchev–Trinajstić information content (AvgIpc) is 3.04. The van der Waals surface area contributed by atoms with Gasteiger partial charge in [0, 0.05) is 43.6 Å². The molecular weight excluding hydrogens is 382 g/mol. The number of fused-ring (bicyclic) bond motifs is 1. The molecule has 9 nitrogen and oxygen atoms in total. The van der Waals surface area contributed by atoms with E-state index >= 15 is 0 Å². The van der Waals surface area contributed by atoms with E-state index in [1.54, 1.807) is 16.8 Å². The van der Waals surface area contributed by atoms with Crippen LogP contribution in [0.2, 0.25) is 0 Å². The van der Waals surface area contributed by atoms with Crippen LogP contribution in [-0.2, 0) is 21.9 Å². The molecule has 0 saturated carbocycles. The van der Waals surface area contributed by atoms with E-state index in [4.69, 9.17) is 0 Å². The molecular formula is C18H19N5O4S. The van der Waals surface area contributed by atoms with Crippen LogP contribution in [0.1, 0.15) is 10.4 Å². The fraction of sp³-hybridized carbons (Fsp3) is 0.167. The highest BCUT2D eigenvalue weighted by atomic mass is 32.2. The lowest BCUT2D eigenvalue weighted by Crippen LogP contribution is -2.46. The number of rotatable bonds is 5. The number of aryl methyl sites for hydroxylation is 1. The number of hydrazine groups is 1. The van der Waals surface area contributed by atoms with Gasteiger partial charge in [-0.3, -0.25) is 25.4 Å². The molecule has 146 valence electrons. The van der Waals surface area contributed by atoms with E-state index in [-0.39, 0.29) is 4.90 Å². The van der Waals surface area contributed by atoms with Gasteiger partial charge in [0.05, 0.1) is 12.1 Å². The van der Waals surface area contributed by atoms with Crippen molar-refractivity contribution in [2.45, 2.75) is 4.90 Å². The lowest BCUT2D eigenvalue weighted by Gasteiger charge is -2.16. The van der Waals surface area contributed by atoms with Gasteiger partial charge in [0.15, 0.2) is 0 Å². The van der Waals surface area contributed by atoms with Crippen molar-refractivity contribution in [2.24, 2.45) is 7.05 Å². The number of aromatic nitrogens is 2. The minimum Gasteiger partial charge on any atom is -0.350 e. The third-order valence-corrected chi connectivity index (χ3v) is 5.95. The molecule has 0 spiro atoms. The number of carbonyl (C=O) groups is 2. The van der Waals surface area contributed by atoms with E-state index in [2.05, 4.69) is 15.8 Å². The van der Waals surface area contributed by atoms with Crippen LogP contribution in [0, 0.1) is 0 Å². The van der Waals surface area contributed by atoms with Crippen LogP contribution in [0.25, 0.3) is 10.9 Å². The van der Waals surface area contributed by atoms with Crippen LogP contribution < -0.4 is 10.9 Å². The van der Waals surface area contributed by atoms with Gasteiger partial charge in [-0.1, -0.05) is 18.2 Å². The number of hydrogen-bond donors (Lipinski definition) is 2. The highest BCUT2D eigenvalue weighted by molar-refractivity contribution is 7.89. The highest BCUT2D eigenvalue weighted by Gasteiger charge is 2.23. The van der Waals surface area contributed by atoms with Crippen LogP contribution in [0.3, 0.4) is 0 Å². The van der Waals surface area contributed by atoms with E-state index < -0.39 is 28.4 Å². The molecule has 3 aromatic rings. The number of amides is 2. The van der Waals surface area contributed by atoms with Crippen LogP contribution in [0.15, 0.2) is 59.9 Å². The maximum atomic E-state index is 12.4. The number of carbonyl (C=O) groups excluding carboxylic acids is 2. The topological polar surface area (TPSA) is 113 Å². The molecule has 0 fully saturated rings. The van der Waals surface area contributed by atoms with Crippen molar-refractivity contribution in [3.05, 3.63) is 60.6 Å². The Bertz CT molecular complexity index is 1130. The largest absolute Gasteiger partial charge is 0.350 e. The van der Waals surface area contributed by atoms with Gasteiger partial charge in [-0.2, -0.15) is 4.31 Å². The monoisotopic (exact) mass is 401 g/mol. The summed E-state index contributed by atoms with van der Waals surface area (Å²) in [6.45, 7) is -0.465. The van der Waals surface area contributed by atoms with Gasteiger partial charge >= 0.3 is 0 Å². The van der Waals surface area contributed by atoms with Crippen molar-refractivity contribution >= 4 is 32.7 Å². The maximum absolute atomic E-state index is 12.4. The first-order chi connectivity index (χ1) is 13.3. The molecule has 0 radical (unpaired) electrons. The third kappa shape index (κ3) is 3.87. The van der Waals surface area contributed by atoms with Crippen molar-refractivity contribution in [1.29, 1.82) is 0 Å². The van der Waals surface area contributed by atoms with Crippen molar-refractivity contribution < 1.29 is 18.0 Å². The van der Waals surface area contributed by atoms with Gasteiger partial charge in [-0.25, -0.2) is 8.42 Å². The highest BCUT2D eigenvalue weighted by Crippen LogP contribution is 2.19. The molecule has 0 saturated heterocycles. The van der Waals surface area contributed by atoms with E-state index in [1.165, 1.54) is 31.6 Å². The van der Waals surface area contributed by atoms with Crippen molar-refractivity contribution in [3.63, 3.8) is 0 Å². The summed E-state index contributed by atoms with van der Waals surface area (Å²) in [5.74, 6) is -1.17. The molecule has 3 rings (SSSR count). The lowest BCUT2D eigenvalue weighted by atomic mass is 10.2. The van der Waals surface area contributed by atoms with Gasteiger partial charge < -0.3 is 4.57 Å². The summed E-state index contributed by atoms with van der Waals surface area (Å²) < 4.78 is 27.5. The first kappa shape index (κ1) is 19.5. The van der Waals surface area contributed by atoms with Crippen molar-refractivity contribution in [2.75, 3.05) is 13.6 Å². The average molecular weight is 401 g/mol. The molecule has 0 atom stereocenters. The Kier molecular flexibility index (Phi) is 5.43. The van der Waals surface area contributed by atoms with Crippen LogP contribution in [0.5, 0.6) is 0 Å². The first-order valence-electron chi connectivity index (χ1n) is 8.30. The molecule has 2 heterocycles. The number of para-hydroxylation sites is 1. The Morgan fingerprint density at radius 2 is 1.89 bits per heavy atom. The predicted molar refractivity (Wildman–Crippen MR) is 103 cm³/mol. The zero-order valence-electron chi connectivity index (χ0n) is 15.3. The first-order valence-corrected chi connectivity index (χ1v) is 9.74. The van der Waals surface area contributed by atoms with E-state index in [1.807, 2.05) is 25.2 Å². The second-order valence-electron chi connectivity index (χ2n) is 6.12. The van der Waals surface area contributed by atoms with Crippen LogP contribution >= 0.6 is 0 Å². The Morgan fingerprint density at radius 3 is 2.61 bits per heavy atom. The second kappa shape index (κ2) is 7.79. The normalized spacial score (nSPS) is 11.5. The Morgan fingerprint density at radius 1 is 1.14 bits per heavy atom. The SMILES string of the molecule is CN(CC(=O)NNC(=O)c1cn(C)c2ccccc12)S(=O)(=O)c1cccnc1. The van der Waals surface area contributed by atoms with Gasteiger partial charge in [0.2, 0.25) is 10.0 Å². The molecule has 28 heavy (non-hydrogen) atoms. The number of benzene rings is 1. The quantitative estimate of drug-likeness (QED) is 0.610. The molecule has 1 aromatic carbocycles. The van der Waals surface area contributed by atoms with E-state index in [0.29, 0.717) is 5.56 Å². The molecule has 2 aromatic heterocycles. The summed E-state index contributed by atoms with van der Waals surface area (Å²) in [6, 6.07) is 10.2. The molecule has 0 aliphatic heterocycles. The Hall–Kier alpha value is -3.24. The van der Waals surface area contributed by atoms with Crippen LogP contribution in [-0.4, -0.2) is 47.7 Å². The number of hydrogen-bond acceptors (Lipinski definition) is 5. The zero-order chi connectivity index (χ0) is 20.3. The van der Waals surface area contributed by atoms with E-state index in [0.717, 1.165) is 15.2 Å². The summed E-state index contributed by atoms with van der Waals surface area (Å²) in [5.41, 5.74) is 5.83. The smallest absolute Gasteiger partial charge is 0.271 e. The minimum atomic E-state index is -3.86. The number of likely N-dealkylation sites (N-methyl/N-ethyl adjacent to an activating group) is 1. The summed E-state index contributed by atoms with van der Waals surface area (Å²) in [6.07, 6.45) is 4.31. The van der Waals surface area contributed by atoms with Crippen molar-refractivity contribution in [1.82, 2.24) is 24.7 Å². The summed E-state index contributed by atoms with van der Waals surface area (Å²) in [5, 5.41) is 0.744. The second-order valence-corrected chi connectivity index (χ2v) is 8.17. The Balaban J connectivity index is 1.63. The van der Waals surface area contributed by atoms with E-state index in [9.17, 15) is 18.0 Å². The zero-order valence-corrected chi connectivity index (χ0v) is 16.1. The maximum Gasteiger partial charge on any atom is 0.271 e. The predicted octanol–water partition coefficient (Wildman–Crippen LogP) is 0.655.